The molecule has 156 valence electrons. The largest absolute Gasteiger partial charge is 0.387 e. The third-order valence-corrected chi connectivity index (χ3v) is 5.98. The van der Waals surface area contributed by atoms with Crippen LogP contribution in [0.3, 0.4) is 0 Å². The van der Waals surface area contributed by atoms with E-state index in [1.54, 1.807) is 22.8 Å². The molecule has 30 heavy (non-hydrogen) atoms. The van der Waals surface area contributed by atoms with Crippen LogP contribution in [0.5, 0.6) is 0 Å². The Labute approximate surface area is 171 Å². The highest BCUT2D eigenvalue weighted by atomic mass is 19.1. The number of imidazole rings is 1. The van der Waals surface area contributed by atoms with Crippen LogP contribution in [-0.2, 0) is 4.84 Å². The standard InChI is InChI=1S/C22H22F2N4O2/c23-15-3-1-14(2-4-15)21-12-17(26-30-21)13-27-9-7-18(8-10-27)28-20-11-16(24)5-6-19(20)25-22(28)29/h1-6,11,18,21H,7-10,12-13H2,(H,25,29). The highest BCUT2D eigenvalue weighted by Crippen LogP contribution is 2.29. The Hall–Kier alpha value is -3.00. The van der Waals surface area contributed by atoms with Crippen LogP contribution in [0.15, 0.2) is 52.4 Å². The lowest BCUT2D eigenvalue weighted by Gasteiger charge is -2.32. The zero-order chi connectivity index (χ0) is 20.7. The van der Waals surface area contributed by atoms with Crippen LogP contribution < -0.4 is 5.69 Å². The second-order valence-corrected chi connectivity index (χ2v) is 7.98. The Morgan fingerprint density at radius 3 is 2.57 bits per heavy atom. The van der Waals surface area contributed by atoms with Gasteiger partial charge in [-0.25, -0.2) is 13.6 Å². The average Bonchev–Trinajstić information content (AvgIpc) is 3.33. The first-order valence-electron chi connectivity index (χ1n) is 10.2. The lowest BCUT2D eigenvalue weighted by molar-refractivity contribution is 0.0856. The summed E-state index contributed by atoms with van der Waals surface area (Å²) in [6.07, 6.45) is 2.13. The van der Waals surface area contributed by atoms with Crippen LogP contribution in [0.4, 0.5) is 8.78 Å². The number of likely N-dealkylation sites (tertiary alicyclic amines) is 1. The number of H-pyrrole nitrogens is 1. The normalized spacial score (nSPS) is 20.5. The van der Waals surface area contributed by atoms with E-state index in [1.807, 2.05) is 0 Å². The fourth-order valence-electron chi connectivity index (χ4n) is 4.43. The van der Waals surface area contributed by atoms with Gasteiger partial charge in [0.05, 0.1) is 16.7 Å². The molecule has 3 heterocycles. The maximum atomic E-state index is 13.7. The maximum absolute atomic E-state index is 13.7. The number of piperidine rings is 1. The number of benzene rings is 2. The van der Waals surface area contributed by atoms with Gasteiger partial charge in [-0.2, -0.15) is 0 Å². The minimum absolute atomic E-state index is 0.0398. The van der Waals surface area contributed by atoms with Gasteiger partial charge in [0, 0.05) is 32.1 Å². The second kappa shape index (κ2) is 7.68. The topological polar surface area (TPSA) is 62.6 Å². The number of nitrogens with one attached hydrogen (secondary N) is 1. The maximum Gasteiger partial charge on any atom is 0.326 e. The molecule has 1 unspecified atom stereocenters. The van der Waals surface area contributed by atoms with E-state index in [0.29, 0.717) is 24.0 Å². The summed E-state index contributed by atoms with van der Waals surface area (Å²) in [5, 5.41) is 4.22. The number of fused-ring (bicyclic) bond motifs is 1. The first-order chi connectivity index (χ1) is 14.6. The summed E-state index contributed by atoms with van der Waals surface area (Å²) in [6, 6.07) is 10.7. The Bertz CT molecular complexity index is 1140. The van der Waals surface area contributed by atoms with Crippen molar-refractivity contribution < 1.29 is 13.6 Å². The number of aromatic amines is 1. The number of hydrogen-bond acceptors (Lipinski definition) is 4. The summed E-state index contributed by atoms with van der Waals surface area (Å²) in [5.74, 6) is -0.611. The second-order valence-electron chi connectivity index (χ2n) is 7.98. The monoisotopic (exact) mass is 412 g/mol. The van der Waals surface area contributed by atoms with E-state index in [0.717, 1.165) is 37.2 Å². The van der Waals surface area contributed by atoms with E-state index in [2.05, 4.69) is 15.0 Å². The number of oxime groups is 1. The summed E-state index contributed by atoms with van der Waals surface area (Å²) in [5.41, 5.74) is 2.97. The molecule has 2 aromatic carbocycles. The number of aromatic nitrogens is 2. The summed E-state index contributed by atoms with van der Waals surface area (Å²) < 4.78 is 28.5. The summed E-state index contributed by atoms with van der Waals surface area (Å²) >= 11 is 0. The van der Waals surface area contributed by atoms with Crippen molar-refractivity contribution in [3.8, 4) is 0 Å². The predicted molar refractivity (Wildman–Crippen MR) is 110 cm³/mol. The number of nitrogens with zero attached hydrogens (tertiary/aromatic N) is 3. The number of rotatable bonds is 4. The summed E-state index contributed by atoms with van der Waals surface area (Å²) in [7, 11) is 0. The van der Waals surface area contributed by atoms with Crippen molar-refractivity contribution in [3.63, 3.8) is 0 Å². The Morgan fingerprint density at radius 1 is 1.07 bits per heavy atom. The van der Waals surface area contributed by atoms with Gasteiger partial charge in [-0.3, -0.25) is 9.47 Å². The van der Waals surface area contributed by atoms with Crippen LogP contribution in [-0.4, -0.2) is 39.8 Å². The third-order valence-electron chi connectivity index (χ3n) is 5.98. The molecule has 1 N–H and O–H groups in total. The van der Waals surface area contributed by atoms with Gasteiger partial charge in [0.1, 0.15) is 11.6 Å². The molecule has 2 aliphatic rings. The quantitative estimate of drug-likeness (QED) is 0.710. The van der Waals surface area contributed by atoms with E-state index in [-0.39, 0.29) is 29.5 Å². The molecule has 1 aromatic heterocycles. The summed E-state index contributed by atoms with van der Waals surface area (Å²) in [4.78, 5) is 23.1. The number of hydrogen-bond donors (Lipinski definition) is 1. The molecule has 2 aliphatic heterocycles. The Morgan fingerprint density at radius 2 is 1.80 bits per heavy atom. The van der Waals surface area contributed by atoms with E-state index >= 15 is 0 Å². The van der Waals surface area contributed by atoms with E-state index in [4.69, 9.17) is 4.84 Å². The molecule has 0 spiro atoms. The van der Waals surface area contributed by atoms with Crippen LogP contribution in [0.25, 0.3) is 11.0 Å². The molecule has 0 aliphatic carbocycles. The third kappa shape index (κ3) is 3.63. The van der Waals surface area contributed by atoms with Crippen LogP contribution in [0, 0.1) is 11.6 Å². The molecule has 1 fully saturated rings. The minimum atomic E-state index is -0.345. The minimum Gasteiger partial charge on any atom is -0.387 e. The fraction of sp³-hybridized carbons (Fsp3) is 0.364. The first-order valence-corrected chi connectivity index (χ1v) is 10.2. The first kappa shape index (κ1) is 19.0. The molecular weight excluding hydrogens is 390 g/mol. The van der Waals surface area contributed by atoms with Gasteiger partial charge in [0.15, 0.2) is 6.10 Å². The fourth-order valence-corrected chi connectivity index (χ4v) is 4.43. The van der Waals surface area contributed by atoms with Crippen molar-refractivity contribution in [3.05, 3.63) is 70.1 Å². The molecule has 1 saturated heterocycles. The molecule has 5 rings (SSSR count). The van der Waals surface area contributed by atoms with Gasteiger partial charge in [0.2, 0.25) is 0 Å². The molecular formula is C22H22F2N4O2. The molecule has 6 nitrogen and oxygen atoms in total. The number of halogens is 2. The van der Waals surface area contributed by atoms with Crippen molar-refractivity contribution in [1.29, 1.82) is 0 Å². The van der Waals surface area contributed by atoms with Gasteiger partial charge >= 0.3 is 5.69 Å². The van der Waals surface area contributed by atoms with Crippen LogP contribution >= 0.6 is 0 Å². The molecule has 8 heteroatoms. The lowest BCUT2D eigenvalue weighted by atomic mass is 10.0. The van der Waals surface area contributed by atoms with Crippen molar-refractivity contribution >= 4 is 16.7 Å². The van der Waals surface area contributed by atoms with Crippen molar-refractivity contribution in [1.82, 2.24) is 14.5 Å². The van der Waals surface area contributed by atoms with Gasteiger partial charge in [-0.05, 0) is 48.7 Å². The van der Waals surface area contributed by atoms with E-state index in [1.165, 1.54) is 24.3 Å². The smallest absolute Gasteiger partial charge is 0.326 e. The van der Waals surface area contributed by atoms with Crippen LogP contribution in [0.1, 0.15) is 37.0 Å². The van der Waals surface area contributed by atoms with Crippen molar-refractivity contribution in [2.24, 2.45) is 5.16 Å². The SMILES string of the molecule is O=c1[nH]c2ccc(F)cc2n1C1CCN(CC2=NOC(c3ccc(F)cc3)C2)CC1. The molecule has 3 aromatic rings. The van der Waals surface area contributed by atoms with E-state index < -0.39 is 0 Å². The Kier molecular flexibility index (Phi) is 4.86. The van der Waals surface area contributed by atoms with Crippen molar-refractivity contribution in [2.75, 3.05) is 19.6 Å². The Balaban J connectivity index is 1.20. The lowest BCUT2D eigenvalue weighted by Crippen LogP contribution is -2.39. The summed E-state index contributed by atoms with van der Waals surface area (Å²) in [6.45, 7) is 2.35. The molecule has 1 atom stereocenters. The van der Waals surface area contributed by atoms with Gasteiger partial charge < -0.3 is 9.82 Å². The zero-order valence-electron chi connectivity index (χ0n) is 16.4. The molecule has 0 amide bonds. The van der Waals surface area contributed by atoms with Gasteiger partial charge in [0.25, 0.3) is 0 Å². The van der Waals surface area contributed by atoms with Crippen molar-refractivity contribution in [2.45, 2.75) is 31.4 Å². The van der Waals surface area contributed by atoms with Gasteiger partial charge in [-0.1, -0.05) is 17.3 Å². The van der Waals surface area contributed by atoms with E-state index in [9.17, 15) is 13.6 Å². The molecule has 0 radical (unpaired) electrons. The molecule has 0 saturated carbocycles. The highest BCUT2D eigenvalue weighted by Gasteiger charge is 2.28. The average molecular weight is 412 g/mol. The van der Waals surface area contributed by atoms with Crippen LogP contribution in [0.2, 0.25) is 0 Å². The predicted octanol–water partition coefficient (Wildman–Crippen LogP) is 3.76. The molecule has 0 bridgehead atoms. The zero-order valence-corrected chi connectivity index (χ0v) is 16.4. The van der Waals surface area contributed by atoms with Gasteiger partial charge in [-0.15, -0.1) is 0 Å². The highest BCUT2D eigenvalue weighted by molar-refractivity contribution is 5.87.